The first-order valence-electron chi connectivity index (χ1n) is 7.40. The summed E-state index contributed by atoms with van der Waals surface area (Å²) in [6.45, 7) is 0. The van der Waals surface area contributed by atoms with Crippen LogP contribution in [0.5, 0.6) is 5.88 Å². The second-order valence-corrected chi connectivity index (χ2v) is 5.57. The molecular formula is C17H14FN3O2. The molecule has 0 atom stereocenters. The van der Waals surface area contributed by atoms with Gasteiger partial charge >= 0.3 is 0 Å². The summed E-state index contributed by atoms with van der Waals surface area (Å²) in [5.74, 6) is 0.103. The van der Waals surface area contributed by atoms with Crippen LogP contribution in [0.4, 0.5) is 4.39 Å². The molecule has 0 spiro atoms. The summed E-state index contributed by atoms with van der Waals surface area (Å²) >= 11 is 0. The van der Waals surface area contributed by atoms with Crippen LogP contribution in [-0.4, -0.2) is 21.6 Å². The van der Waals surface area contributed by atoms with E-state index in [4.69, 9.17) is 4.74 Å². The second-order valence-electron chi connectivity index (χ2n) is 5.57. The van der Waals surface area contributed by atoms with E-state index in [1.54, 1.807) is 28.8 Å². The molecule has 0 bridgehead atoms. The smallest absolute Gasteiger partial charge is 0.278 e. The third kappa shape index (κ3) is 2.36. The third-order valence-electron chi connectivity index (χ3n) is 3.95. The number of rotatable bonds is 3. The Hall–Kier alpha value is -2.76. The van der Waals surface area contributed by atoms with E-state index in [2.05, 4.69) is 9.97 Å². The molecule has 0 radical (unpaired) electrons. The van der Waals surface area contributed by atoms with Crippen LogP contribution in [0.15, 0.2) is 41.2 Å². The number of ether oxygens (including phenoxy) is 1. The van der Waals surface area contributed by atoms with E-state index < -0.39 is 0 Å². The van der Waals surface area contributed by atoms with E-state index in [9.17, 15) is 9.18 Å². The predicted octanol–water partition coefficient (Wildman–Crippen LogP) is 2.94. The Morgan fingerprint density at radius 2 is 1.87 bits per heavy atom. The molecule has 116 valence electrons. The van der Waals surface area contributed by atoms with Crippen LogP contribution in [0.3, 0.4) is 0 Å². The van der Waals surface area contributed by atoms with Gasteiger partial charge in [0.15, 0.2) is 5.65 Å². The molecular weight excluding hydrogens is 297 g/mol. The standard InChI is InChI=1S/C17H14FN3O2/c1-23-14-9-8-13-16(20-14)21(12-6-7-12)17(22)15(19-13)10-2-4-11(18)5-3-10/h2-5,8-9,12H,6-7H2,1H3. The van der Waals surface area contributed by atoms with Gasteiger partial charge in [-0.1, -0.05) is 0 Å². The van der Waals surface area contributed by atoms with E-state index >= 15 is 0 Å². The van der Waals surface area contributed by atoms with Crippen molar-refractivity contribution in [2.45, 2.75) is 18.9 Å². The van der Waals surface area contributed by atoms with Crippen molar-refractivity contribution >= 4 is 11.2 Å². The molecule has 0 saturated heterocycles. The van der Waals surface area contributed by atoms with Gasteiger partial charge in [-0.05, 0) is 43.2 Å². The van der Waals surface area contributed by atoms with Crippen LogP contribution >= 0.6 is 0 Å². The van der Waals surface area contributed by atoms with E-state index in [0.717, 1.165) is 12.8 Å². The van der Waals surface area contributed by atoms with Gasteiger partial charge in [0.2, 0.25) is 5.88 Å². The molecule has 2 heterocycles. The number of fused-ring (bicyclic) bond motifs is 1. The Bertz CT molecular complexity index is 946. The Kier molecular flexibility index (Phi) is 3.11. The summed E-state index contributed by atoms with van der Waals surface area (Å²) in [5.41, 5.74) is 1.87. The largest absolute Gasteiger partial charge is 0.481 e. The highest BCUT2D eigenvalue weighted by Crippen LogP contribution is 2.36. The Morgan fingerprint density at radius 1 is 1.13 bits per heavy atom. The molecule has 1 aromatic carbocycles. The molecule has 0 N–H and O–H groups in total. The molecule has 1 aliphatic rings. The minimum atomic E-state index is -0.344. The molecule has 0 aliphatic heterocycles. The fourth-order valence-corrected chi connectivity index (χ4v) is 2.65. The molecule has 23 heavy (non-hydrogen) atoms. The first kappa shape index (κ1) is 13.9. The quantitative estimate of drug-likeness (QED) is 0.746. The minimum Gasteiger partial charge on any atom is -0.481 e. The van der Waals surface area contributed by atoms with Gasteiger partial charge in [-0.25, -0.2) is 9.37 Å². The van der Waals surface area contributed by atoms with Crippen LogP contribution in [0.25, 0.3) is 22.4 Å². The number of methoxy groups -OCH3 is 1. The topological polar surface area (TPSA) is 57.0 Å². The zero-order chi connectivity index (χ0) is 16.0. The van der Waals surface area contributed by atoms with Crippen molar-refractivity contribution in [1.29, 1.82) is 0 Å². The zero-order valence-electron chi connectivity index (χ0n) is 12.5. The van der Waals surface area contributed by atoms with Gasteiger partial charge in [0.25, 0.3) is 5.56 Å². The normalized spacial score (nSPS) is 14.2. The summed E-state index contributed by atoms with van der Waals surface area (Å²) in [6, 6.07) is 9.44. The highest BCUT2D eigenvalue weighted by Gasteiger charge is 2.28. The molecule has 3 aromatic rings. The Labute approximate surface area is 131 Å². The predicted molar refractivity (Wildman–Crippen MR) is 84.0 cm³/mol. The van der Waals surface area contributed by atoms with Crippen LogP contribution in [0, 0.1) is 5.82 Å². The van der Waals surface area contributed by atoms with Crippen molar-refractivity contribution in [3.8, 4) is 17.1 Å². The fraction of sp³-hybridized carbons (Fsp3) is 0.235. The lowest BCUT2D eigenvalue weighted by atomic mass is 10.1. The summed E-state index contributed by atoms with van der Waals surface area (Å²) in [4.78, 5) is 21.7. The summed E-state index contributed by atoms with van der Waals surface area (Å²) in [5, 5.41) is 0. The van der Waals surface area contributed by atoms with Crippen molar-refractivity contribution < 1.29 is 9.13 Å². The SMILES string of the molecule is COc1ccc2nc(-c3ccc(F)cc3)c(=O)n(C3CC3)c2n1. The summed E-state index contributed by atoms with van der Waals surface area (Å²) < 4.78 is 20.0. The van der Waals surface area contributed by atoms with Gasteiger partial charge in [-0.15, -0.1) is 0 Å². The lowest BCUT2D eigenvalue weighted by Gasteiger charge is -2.11. The molecule has 1 saturated carbocycles. The van der Waals surface area contributed by atoms with Gasteiger partial charge in [-0.2, -0.15) is 4.98 Å². The molecule has 6 heteroatoms. The van der Waals surface area contributed by atoms with Gasteiger partial charge < -0.3 is 4.74 Å². The highest BCUT2D eigenvalue weighted by molar-refractivity contribution is 5.75. The van der Waals surface area contributed by atoms with Gasteiger partial charge in [0.1, 0.15) is 17.0 Å². The van der Waals surface area contributed by atoms with Crippen LogP contribution in [0.2, 0.25) is 0 Å². The third-order valence-corrected chi connectivity index (χ3v) is 3.95. The Morgan fingerprint density at radius 3 is 2.52 bits per heavy atom. The maximum Gasteiger partial charge on any atom is 0.278 e. The van der Waals surface area contributed by atoms with Crippen molar-refractivity contribution in [2.24, 2.45) is 0 Å². The summed E-state index contributed by atoms with van der Waals surface area (Å²) in [6.07, 6.45) is 1.89. The number of nitrogens with zero attached hydrogens (tertiary/aromatic N) is 3. The molecule has 1 aliphatic carbocycles. The van der Waals surface area contributed by atoms with Crippen molar-refractivity contribution in [1.82, 2.24) is 14.5 Å². The maximum atomic E-state index is 13.1. The van der Waals surface area contributed by atoms with E-state index in [1.807, 2.05) is 0 Å². The van der Waals surface area contributed by atoms with Crippen LogP contribution < -0.4 is 10.3 Å². The molecule has 0 amide bonds. The molecule has 1 fully saturated rings. The first-order chi connectivity index (χ1) is 11.2. The van der Waals surface area contributed by atoms with E-state index in [-0.39, 0.29) is 17.4 Å². The molecule has 4 rings (SSSR count). The number of hydrogen-bond acceptors (Lipinski definition) is 4. The number of aromatic nitrogens is 3. The lowest BCUT2D eigenvalue weighted by Crippen LogP contribution is -2.23. The van der Waals surface area contributed by atoms with Crippen molar-refractivity contribution in [3.63, 3.8) is 0 Å². The van der Waals surface area contributed by atoms with Gasteiger partial charge in [-0.3, -0.25) is 9.36 Å². The minimum absolute atomic E-state index is 0.145. The lowest BCUT2D eigenvalue weighted by molar-refractivity contribution is 0.398. The Balaban J connectivity index is 2.01. The average Bonchev–Trinajstić information content (AvgIpc) is 3.39. The van der Waals surface area contributed by atoms with Gasteiger partial charge in [0, 0.05) is 17.7 Å². The highest BCUT2D eigenvalue weighted by atomic mass is 19.1. The molecule has 2 aromatic heterocycles. The van der Waals surface area contributed by atoms with E-state index in [0.29, 0.717) is 28.3 Å². The fourth-order valence-electron chi connectivity index (χ4n) is 2.65. The maximum absolute atomic E-state index is 13.1. The van der Waals surface area contributed by atoms with Gasteiger partial charge in [0.05, 0.1) is 7.11 Å². The zero-order valence-corrected chi connectivity index (χ0v) is 12.5. The van der Waals surface area contributed by atoms with Crippen molar-refractivity contribution in [3.05, 3.63) is 52.6 Å². The summed E-state index contributed by atoms with van der Waals surface area (Å²) in [7, 11) is 1.54. The molecule has 5 nitrogen and oxygen atoms in total. The van der Waals surface area contributed by atoms with Crippen molar-refractivity contribution in [2.75, 3.05) is 7.11 Å². The average molecular weight is 311 g/mol. The van der Waals surface area contributed by atoms with Crippen LogP contribution in [0.1, 0.15) is 18.9 Å². The number of benzene rings is 1. The number of pyridine rings is 1. The number of hydrogen-bond donors (Lipinski definition) is 0. The van der Waals surface area contributed by atoms with E-state index in [1.165, 1.54) is 19.2 Å². The monoisotopic (exact) mass is 311 g/mol. The second kappa shape index (κ2) is 5.15. The number of halogens is 1. The molecule has 0 unspecified atom stereocenters. The van der Waals surface area contributed by atoms with Crippen LogP contribution in [-0.2, 0) is 0 Å². The first-order valence-corrected chi connectivity index (χ1v) is 7.40.